The van der Waals surface area contributed by atoms with Gasteiger partial charge in [0.25, 0.3) is 5.91 Å². The van der Waals surface area contributed by atoms with Gasteiger partial charge in [-0.15, -0.1) is 0 Å². The molecule has 1 saturated carbocycles. The Morgan fingerprint density at radius 3 is 2.50 bits per heavy atom. The Hall–Kier alpha value is -1.56. The van der Waals surface area contributed by atoms with Gasteiger partial charge >= 0.3 is 0 Å². The standard InChI is InChI=1S/C14H20N2O3S/c1-10-7-8-11(9-13(10)16-20(2,18)19)14(17)15-12-5-3-4-6-12/h7-9,12,16H,3-6H2,1-2H3,(H,15,17). The third-order valence-corrected chi connectivity index (χ3v) is 4.08. The number of carbonyl (C=O) groups is 1. The smallest absolute Gasteiger partial charge is 0.251 e. The topological polar surface area (TPSA) is 75.3 Å². The average Bonchev–Trinajstić information content (AvgIpc) is 2.83. The molecule has 1 aromatic rings. The number of carbonyl (C=O) groups excluding carboxylic acids is 1. The second kappa shape index (κ2) is 5.83. The van der Waals surface area contributed by atoms with Crippen LogP contribution in [0, 0.1) is 6.92 Å². The normalized spacial score (nSPS) is 16.1. The molecule has 1 amide bonds. The van der Waals surface area contributed by atoms with Crippen molar-refractivity contribution in [3.8, 4) is 0 Å². The van der Waals surface area contributed by atoms with E-state index in [1.807, 2.05) is 0 Å². The Balaban J connectivity index is 2.15. The minimum Gasteiger partial charge on any atom is -0.349 e. The molecule has 0 aliphatic heterocycles. The maximum absolute atomic E-state index is 12.1. The molecule has 0 bridgehead atoms. The number of hydrogen-bond acceptors (Lipinski definition) is 3. The Morgan fingerprint density at radius 1 is 1.25 bits per heavy atom. The zero-order valence-electron chi connectivity index (χ0n) is 11.8. The molecular formula is C14H20N2O3S. The van der Waals surface area contributed by atoms with E-state index in [9.17, 15) is 13.2 Å². The molecule has 5 nitrogen and oxygen atoms in total. The summed E-state index contributed by atoms with van der Waals surface area (Å²) in [7, 11) is -3.35. The number of sulfonamides is 1. The molecular weight excluding hydrogens is 276 g/mol. The van der Waals surface area contributed by atoms with Crippen LogP contribution in [0.3, 0.4) is 0 Å². The van der Waals surface area contributed by atoms with E-state index in [-0.39, 0.29) is 11.9 Å². The highest BCUT2D eigenvalue weighted by atomic mass is 32.2. The van der Waals surface area contributed by atoms with Crippen LogP contribution in [0.25, 0.3) is 0 Å². The summed E-state index contributed by atoms with van der Waals surface area (Å²) in [5, 5.41) is 2.99. The number of aryl methyl sites for hydroxylation is 1. The van der Waals surface area contributed by atoms with Crippen LogP contribution in [-0.2, 0) is 10.0 Å². The van der Waals surface area contributed by atoms with Gasteiger partial charge in [0.15, 0.2) is 0 Å². The molecule has 0 saturated heterocycles. The van der Waals surface area contributed by atoms with Gasteiger partial charge in [0, 0.05) is 11.6 Å². The quantitative estimate of drug-likeness (QED) is 0.892. The van der Waals surface area contributed by atoms with Crippen LogP contribution in [0.4, 0.5) is 5.69 Å². The Kier molecular flexibility index (Phi) is 4.32. The summed E-state index contributed by atoms with van der Waals surface area (Å²) in [5.74, 6) is -0.145. The highest BCUT2D eigenvalue weighted by Crippen LogP contribution is 2.20. The summed E-state index contributed by atoms with van der Waals surface area (Å²) in [5.41, 5.74) is 1.72. The van der Waals surface area contributed by atoms with Crippen molar-refractivity contribution in [1.82, 2.24) is 5.32 Å². The summed E-state index contributed by atoms with van der Waals surface area (Å²) in [6.45, 7) is 1.80. The molecule has 0 aromatic heterocycles. The molecule has 20 heavy (non-hydrogen) atoms. The minimum atomic E-state index is -3.35. The van der Waals surface area contributed by atoms with E-state index < -0.39 is 10.0 Å². The Bertz CT molecular complexity index is 605. The van der Waals surface area contributed by atoms with Crippen molar-refractivity contribution < 1.29 is 13.2 Å². The van der Waals surface area contributed by atoms with Gasteiger partial charge in [-0.25, -0.2) is 8.42 Å². The molecule has 1 aromatic carbocycles. The lowest BCUT2D eigenvalue weighted by molar-refractivity contribution is 0.0938. The molecule has 1 aliphatic rings. The van der Waals surface area contributed by atoms with Crippen LogP contribution >= 0.6 is 0 Å². The van der Waals surface area contributed by atoms with Crippen molar-refractivity contribution in [3.05, 3.63) is 29.3 Å². The molecule has 110 valence electrons. The lowest BCUT2D eigenvalue weighted by atomic mass is 10.1. The SMILES string of the molecule is Cc1ccc(C(=O)NC2CCCC2)cc1NS(C)(=O)=O. The van der Waals surface area contributed by atoms with Crippen molar-refractivity contribution in [1.29, 1.82) is 0 Å². The lowest BCUT2D eigenvalue weighted by Crippen LogP contribution is -2.32. The minimum absolute atomic E-state index is 0.145. The molecule has 0 heterocycles. The number of amides is 1. The maximum atomic E-state index is 12.1. The summed E-state index contributed by atoms with van der Waals surface area (Å²) in [4.78, 5) is 12.1. The van der Waals surface area contributed by atoms with E-state index in [1.165, 1.54) is 0 Å². The van der Waals surface area contributed by atoms with E-state index in [2.05, 4.69) is 10.0 Å². The first-order chi connectivity index (χ1) is 9.35. The van der Waals surface area contributed by atoms with E-state index in [1.54, 1.807) is 25.1 Å². The molecule has 6 heteroatoms. The monoisotopic (exact) mass is 296 g/mol. The molecule has 0 spiro atoms. The second-order valence-corrected chi connectivity index (χ2v) is 7.11. The summed E-state index contributed by atoms with van der Waals surface area (Å²) in [6.07, 6.45) is 5.44. The fourth-order valence-corrected chi connectivity index (χ4v) is 3.03. The van der Waals surface area contributed by atoms with E-state index in [0.29, 0.717) is 11.3 Å². The van der Waals surface area contributed by atoms with Crippen molar-refractivity contribution in [2.24, 2.45) is 0 Å². The zero-order valence-corrected chi connectivity index (χ0v) is 12.6. The predicted octanol–water partition coefficient (Wildman–Crippen LogP) is 2.04. The van der Waals surface area contributed by atoms with Crippen LogP contribution in [0.1, 0.15) is 41.6 Å². The number of benzene rings is 1. The third kappa shape index (κ3) is 3.96. The molecule has 1 aliphatic carbocycles. The molecule has 2 rings (SSSR count). The molecule has 1 fully saturated rings. The fraction of sp³-hybridized carbons (Fsp3) is 0.500. The highest BCUT2D eigenvalue weighted by Gasteiger charge is 2.18. The third-order valence-electron chi connectivity index (χ3n) is 3.49. The second-order valence-electron chi connectivity index (χ2n) is 5.36. The van der Waals surface area contributed by atoms with Gasteiger partial charge in [0.2, 0.25) is 10.0 Å². The van der Waals surface area contributed by atoms with E-state index in [4.69, 9.17) is 0 Å². The van der Waals surface area contributed by atoms with Crippen LogP contribution in [0.2, 0.25) is 0 Å². The van der Waals surface area contributed by atoms with Crippen molar-refractivity contribution >= 4 is 21.6 Å². The highest BCUT2D eigenvalue weighted by molar-refractivity contribution is 7.92. The van der Waals surface area contributed by atoms with Gasteiger partial charge < -0.3 is 5.32 Å². The van der Waals surface area contributed by atoms with Crippen molar-refractivity contribution in [3.63, 3.8) is 0 Å². The van der Waals surface area contributed by atoms with Gasteiger partial charge in [-0.2, -0.15) is 0 Å². The molecule has 0 radical (unpaired) electrons. The molecule has 2 N–H and O–H groups in total. The van der Waals surface area contributed by atoms with E-state index >= 15 is 0 Å². The van der Waals surface area contributed by atoms with Gasteiger partial charge in [-0.3, -0.25) is 9.52 Å². The number of nitrogens with one attached hydrogen (secondary N) is 2. The van der Waals surface area contributed by atoms with Crippen LogP contribution in [-0.4, -0.2) is 26.6 Å². The molecule has 0 atom stereocenters. The average molecular weight is 296 g/mol. The largest absolute Gasteiger partial charge is 0.349 e. The van der Waals surface area contributed by atoms with Gasteiger partial charge in [-0.1, -0.05) is 18.9 Å². The summed E-state index contributed by atoms with van der Waals surface area (Å²) in [6, 6.07) is 5.29. The summed E-state index contributed by atoms with van der Waals surface area (Å²) < 4.78 is 25.0. The number of hydrogen-bond donors (Lipinski definition) is 2. The maximum Gasteiger partial charge on any atom is 0.251 e. The van der Waals surface area contributed by atoms with Crippen molar-refractivity contribution in [2.45, 2.75) is 38.6 Å². The number of anilines is 1. The summed E-state index contributed by atoms with van der Waals surface area (Å²) >= 11 is 0. The number of rotatable bonds is 4. The van der Waals surface area contributed by atoms with Crippen LogP contribution in [0.5, 0.6) is 0 Å². The first-order valence-electron chi connectivity index (χ1n) is 6.74. The van der Waals surface area contributed by atoms with E-state index in [0.717, 1.165) is 37.5 Å². The van der Waals surface area contributed by atoms with Gasteiger partial charge in [0.05, 0.1) is 11.9 Å². The Labute approximate surface area is 119 Å². The van der Waals surface area contributed by atoms with Crippen molar-refractivity contribution in [2.75, 3.05) is 11.0 Å². The van der Waals surface area contributed by atoms with Gasteiger partial charge in [0.1, 0.15) is 0 Å². The molecule has 0 unspecified atom stereocenters. The van der Waals surface area contributed by atoms with Gasteiger partial charge in [-0.05, 0) is 37.5 Å². The fourth-order valence-electron chi connectivity index (χ4n) is 2.41. The first-order valence-corrected chi connectivity index (χ1v) is 8.63. The predicted molar refractivity (Wildman–Crippen MR) is 79.4 cm³/mol. The van der Waals surface area contributed by atoms with Crippen LogP contribution in [0.15, 0.2) is 18.2 Å². The van der Waals surface area contributed by atoms with Crippen LogP contribution < -0.4 is 10.0 Å². The zero-order chi connectivity index (χ0) is 14.8. The Morgan fingerprint density at radius 2 is 1.90 bits per heavy atom. The first kappa shape index (κ1) is 14.8. The lowest BCUT2D eigenvalue weighted by Gasteiger charge is -2.14.